The van der Waals surface area contributed by atoms with E-state index in [4.69, 9.17) is 11.6 Å². The predicted octanol–water partition coefficient (Wildman–Crippen LogP) is 4.66. The quantitative estimate of drug-likeness (QED) is 0.698. The first-order valence-electron chi connectivity index (χ1n) is 7.74. The van der Waals surface area contributed by atoms with E-state index in [1.807, 2.05) is 11.8 Å². The molecule has 0 aliphatic heterocycles. The second kappa shape index (κ2) is 9.04. The Hall–Kier alpha value is -0.220. The van der Waals surface area contributed by atoms with Crippen LogP contribution in [0, 0.1) is 0 Å². The minimum atomic E-state index is 0.112. The van der Waals surface area contributed by atoms with E-state index in [-0.39, 0.29) is 5.54 Å². The van der Waals surface area contributed by atoms with Crippen LogP contribution in [0.5, 0.6) is 0 Å². The topological polar surface area (TPSA) is 15.3 Å². The predicted molar refractivity (Wildman–Crippen MR) is 96.6 cm³/mol. The molecule has 0 aromatic heterocycles. The van der Waals surface area contributed by atoms with Crippen LogP contribution in [-0.2, 0) is 6.54 Å². The van der Waals surface area contributed by atoms with Crippen molar-refractivity contribution in [1.29, 1.82) is 0 Å². The summed E-state index contributed by atoms with van der Waals surface area (Å²) in [5.74, 6) is 1.11. The molecule has 0 saturated carbocycles. The summed E-state index contributed by atoms with van der Waals surface area (Å²) in [6.45, 7) is 15.1. The number of nitrogens with zero attached hydrogens (tertiary/aromatic N) is 1. The monoisotopic (exact) mass is 328 g/mol. The highest BCUT2D eigenvalue weighted by molar-refractivity contribution is 7.99. The number of hydrogen-bond acceptors (Lipinski definition) is 3. The summed E-state index contributed by atoms with van der Waals surface area (Å²) in [5, 5.41) is 4.33. The van der Waals surface area contributed by atoms with E-state index in [1.54, 1.807) is 0 Å². The molecule has 0 amide bonds. The molecule has 1 rings (SSSR count). The average Bonchev–Trinajstić information content (AvgIpc) is 2.41. The molecule has 0 heterocycles. The molecule has 0 spiro atoms. The van der Waals surface area contributed by atoms with Crippen molar-refractivity contribution in [2.24, 2.45) is 0 Å². The molecule has 0 aliphatic carbocycles. The molecular weight excluding hydrogens is 300 g/mol. The van der Waals surface area contributed by atoms with Crippen LogP contribution in [0.2, 0.25) is 5.02 Å². The summed E-state index contributed by atoms with van der Waals surface area (Å²) in [5.41, 5.74) is 1.28. The maximum atomic E-state index is 6.39. The molecule has 0 aliphatic rings. The molecule has 0 bridgehead atoms. The van der Waals surface area contributed by atoms with Gasteiger partial charge in [0.2, 0.25) is 0 Å². The fourth-order valence-corrected chi connectivity index (χ4v) is 3.22. The van der Waals surface area contributed by atoms with Crippen molar-refractivity contribution >= 4 is 23.4 Å². The van der Waals surface area contributed by atoms with E-state index in [0.717, 1.165) is 37.0 Å². The van der Waals surface area contributed by atoms with Gasteiger partial charge in [0, 0.05) is 34.3 Å². The third kappa shape index (κ3) is 7.55. The lowest BCUT2D eigenvalue weighted by Gasteiger charge is -2.21. The van der Waals surface area contributed by atoms with E-state index < -0.39 is 0 Å². The summed E-state index contributed by atoms with van der Waals surface area (Å²) in [6.07, 6.45) is 0. The first kappa shape index (κ1) is 18.8. The lowest BCUT2D eigenvalue weighted by Crippen LogP contribution is -2.35. The summed E-state index contributed by atoms with van der Waals surface area (Å²) >= 11 is 8.27. The summed E-state index contributed by atoms with van der Waals surface area (Å²) in [7, 11) is 0. The van der Waals surface area contributed by atoms with Crippen LogP contribution in [-0.4, -0.2) is 35.8 Å². The summed E-state index contributed by atoms with van der Waals surface area (Å²) < 4.78 is 0. The van der Waals surface area contributed by atoms with Crippen molar-refractivity contribution in [1.82, 2.24) is 10.2 Å². The van der Waals surface area contributed by atoms with Crippen LogP contribution in [0.3, 0.4) is 0 Å². The second-order valence-corrected chi connectivity index (χ2v) is 7.81. The van der Waals surface area contributed by atoms with Crippen LogP contribution < -0.4 is 5.32 Å². The van der Waals surface area contributed by atoms with Crippen molar-refractivity contribution in [3.63, 3.8) is 0 Å². The van der Waals surface area contributed by atoms with E-state index in [0.29, 0.717) is 0 Å². The number of thioether (sulfide) groups is 1. The molecule has 1 N–H and O–H groups in total. The Balaban J connectivity index is 2.50. The third-order valence-corrected chi connectivity index (χ3v) is 4.73. The largest absolute Gasteiger partial charge is 0.308 e. The lowest BCUT2D eigenvalue weighted by atomic mass is 10.1. The molecular formula is C17H29ClN2S. The maximum absolute atomic E-state index is 6.39. The normalized spacial score (nSPS) is 12.1. The molecule has 1 aromatic rings. The lowest BCUT2D eigenvalue weighted by molar-refractivity contribution is 0.324. The Kier molecular flexibility index (Phi) is 8.10. The average molecular weight is 329 g/mol. The van der Waals surface area contributed by atoms with Crippen LogP contribution in [0.15, 0.2) is 23.1 Å². The Bertz CT molecular complexity index is 425. The first-order valence-corrected chi connectivity index (χ1v) is 9.10. The van der Waals surface area contributed by atoms with Crippen LogP contribution in [0.4, 0.5) is 0 Å². The molecule has 0 unspecified atom stereocenters. The minimum Gasteiger partial charge on any atom is -0.308 e. The van der Waals surface area contributed by atoms with Gasteiger partial charge in [-0.25, -0.2) is 0 Å². The highest BCUT2D eigenvalue weighted by atomic mass is 35.5. The van der Waals surface area contributed by atoms with Crippen molar-refractivity contribution in [3.05, 3.63) is 28.8 Å². The van der Waals surface area contributed by atoms with Gasteiger partial charge in [0.1, 0.15) is 0 Å². The molecule has 21 heavy (non-hydrogen) atoms. The van der Waals surface area contributed by atoms with E-state index in [9.17, 15) is 0 Å². The van der Waals surface area contributed by atoms with Gasteiger partial charge in [0.25, 0.3) is 0 Å². The zero-order valence-corrected chi connectivity index (χ0v) is 15.6. The highest BCUT2D eigenvalue weighted by Crippen LogP contribution is 2.25. The molecule has 4 heteroatoms. The number of hydrogen-bond donors (Lipinski definition) is 1. The van der Waals surface area contributed by atoms with E-state index >= 15 is 0 Å². The number of benzene rings is 1. The Morgan fingerprint density at radius 1 is 1.19 bits per heavy atom. The van der Waals surface area contributed by atoms with E-state index in [1.165, 1.54) is 10.5 Å². The Morgan fingerprint density at radius 3 is 2.38 bits per heavy atom. The molecule has 120 valence electrons. The van der Waals surface area contributed by atoms with Crippen molar-refractivity contribution in [2.45, 2.75) is 51.6 Å². The summed E-state index contributed by atoms with van der Waals surface area (Å²) in [6, 6.07) is 6.41. The van der Waals surface area contributed by atoms with Gasteiger partial charge < -0.3 is 10.2 Å². The van der Waals surface area contributed by atoms with Gasteiger partial charge in [-0.2, -0.15) is 0 Å². The van der Waals surface area contributed by atoms with Gasteiger partial charge in [-0.05, 0) is 51.6 Å². The number of halogens is 1. The first-order chi connectivity index (χ1) is 9.85. The van der Waals surface area contributed by atoms with Crippen molar-refractivity contribution in [2.75, 3.05) is 25.4 Å². The van der Waals surface area contributed by atoms with Gasteiger partial charge in [0.15, 0.2) is 0 Å². The fraction of sp³-hybridized carbons (Fsp3) is 0.647. The van der Waals surface area contributed by atoms with Gasteiger partial charge in [-0.3, -0.25) is 0 Å². The standard InChI is InChI=1S/C17H29ClN2S/c1-6-20(7-2)10-11-21-15-9-8-14(16(18)12-15)13-19-17(3,4)5/h8-9,12,19H,6-7,10-11,13H2,1-5H3. The minimum absolute atomic E-state index is 0.112. The van der Waals surface area contributed by atoms with Crippen LogP contribution in [0.25, 0.3) is 0 Å². The van der Waals surface area contributed by atoms with Crippen molar-refractivity contribution in [3.8, 4) is 0 Å². The van der Waals surface area contributed by atoms with Gasteiger partial charge in [0.05, 0.1) is 0 Å². The summed E-state index contributed by atoms with van der Waals surface area (Å²) in [4.78, 5) is 3.70. The molecule has 0 radical (unpaired) electrons. The zero-order chi connectivity index (χ0) is 15.9. The Morgan fingerprint density at radius 2 is 1.86 bits per heavy atom. The number of rotatable bonds is 8. The fourth-order valence-electron chi connectivity index (χ4n) is 1.95. The highest BCUT2D eigenvalue weighted by Gasteiger charge is 2.10. The molecule has 2 nitrogen and oxygen atoms in total. The van der Waals surface area contributed by atoms with Gasteiger partial charge in [-0.15, -0.1) is 11.8 Å². The van der Waals surface area contributed by atoms with Crippen LogP contribution >= 0.6 is 23.4 Å². The molecule has 0 atom stereocenters. The van der Waals surface area contributed by atoms with Gasteiger partial charge >= 0.3 is 0 Å². The second-order valence-electron chi connectivity index (χ2n) is 6.23. The SMILES string of the molecule is CCN(CC)CCSc1ccc(CNC(C)(C)C)c(Cl)c1. The van der Waals surface area contributed by atoms with E-state index in [2.05, 4.69) is 63.0 Å². The maximum Gasteiger partial charge on any atom is 0.0462 e. The smallest absolute Gasteiger partial charge is 0.0462 e. The zero-order valence-electron chi connectivity index (χ0n) is 14.0. The Labute approximate surface area is 139 Å². The third-order valence-electron chi connectivity index (χ3n) is 3.40. The van der Waals surface area contributed by atoms with Crippen molar-refractivity contribution < 1.29 is 0 Å². The van der Waals surface area contributed by atoms with Gasteiger partial charge in [-0.1, -0.05) is 31.5 Å². The molecule has 1 aromatic carbocycles. The number of nitrogens with one attached hydrogen (secondary N) is 1. The molecule has 0 fully saturated rings. The van der Waals surface area contributed by atoms with Crippen LogP contribution in [0.1, 0.15) is 40.2 Å². The molecule has 0 saturated heterocycles.